The summed E-state index contributed by atoms with van der Waals surface area (Å²) in [4.78, 5) is 12.7. The molecule has 1 aliphatic carbocycles. The van der Waals surface area contributed by atoms with Crippen LogP contribution in [0.15, 0.2) is 11.8 Å². The van der Waals surface area contributed by atoms with Crippen LogP contribution in [0.1, 0.15) is 19.8 Å². The van der Waals surface area contributed by atoms with E-state index in [1.54, 1.807) is 0 Å². The minimum absolute atomic E-state index is 0.204. The lowest BCUT2D eigenvalue weighted by Gasteiger charge is -2.40. The lowest BCUT2D eigenvalue weighted by molar-refractivity contribution is -0.120. The number of morpholine rings is 1. The van der Waals surface area contributed by atoms with Gasteiger partial charge in [-0.15, -0.1) is 23.2 Å². The molecular formula is C14H19Cl2N3O2. The summed E-state index contributed by atoms with van der Waals surface area (Å²) in [5.41, 5.74) is -0.254. The Bertz CT molecular complexity index is 469. The number of carbonyl (C=O) groups excluding carboxylic acids is 1. The summed E-state index contributed by atoms with van der Waals surface area (Å²) in [7, 11) is 0. The van der Waals surface area contributed by atoms with Gasteiger partial charge in [-0.2, -0.15) is 5.26 Å². The Morgan fingerprint density at radius 3 is 2.76 bits per heavy atom. The average molecular weight is 332 g/mol. The molecule has 7 heteroatoms. The number of nitrogens with one attached hydrogen (secondary N) is 1. The van der Waals surface area contributed by atoms with Crippen molar-refractivity contribution in [2.75, 3.05) is 26.3 Å². The third kappa shape index (κ3) is 3.28. The van der Waals surface area contributed by atoms with Crippen LogP contribution in [0.3, 0.4) is 0 Å². The van der Waals surface area contributed by atoms with Gasteiger partial charge in [0.25, 0.3) is 0 Å². The predicted molar refractivity (Wildman–Crippen MR) is 80.9 cm³/mol. The molecule has 0 radical (unpaired) electrons. The predicted octanol–water partition coefficient (Wildman–Crippen LogP) is 1.81. The van der Waals surface area contributed by atoms with Gasteiger partial charge < -0.3 is 15.0 Å². The summed E-state index contributed by atoms with van der Waals surface area (Å²) in [5, 5.41) is 12.4. The van der Waals surface area contributed by atoms with Gasteiger partial charge in [0.05, 0.1) is 19.3 Å². The van der Waals surface area contributed by atoms with Crippen molar-refractivity contribution in [3.05, 3.63) is 11.8 Å². The summed E-state index contributed by atoms with van der Waals surface area (Å²) in [5.74, 6) is -0.513. The molecule has 2 unspecified atom stereocenters. The molecular weight excluding hydrogens is 313 g/mol. The summed E-state index contributed by atoms with van der Waals surface area (Å²) in [6.45, 7) is 4.25. The molecule has 2 aliphatic rings. The van der Waals surface area contributed by atoms with Crippen LogP contribution in [-0.4, -0.2) is 47.5 Å². The second-order valence-electron chi connectivity index (χ2n) is 5.32. The van der Waals surface area contributed by atoms with Gasteiger partial charge in [-0.25, -0.2) is 0 Å². The number of rotatable bonds is 4. The summed E-state index contributed by atoms with van der Waals surface area (Å²) in [6, 6.07) is 2.16. The van der Waals surface area contributed by atoms with E-state index in [0.717, 1.165) is 31.6 Å². The van der Waals surface area contributed by atoms with Crippen LogP contribution in [0.4, 0.5) is 0 Å². The zero-order valence-electron chi connectivity index (χ0n) is 11.9. The Morgan fingerprint density at radius 2 is 2.24 bits per heavy atom. The van der Waals surface area contributed by atoms with Crippen LogP contribution >= 0.6 is 23.2 Å². The van der Waals surface area contributed by atoms with Crippen molar-refractivity contribution >= 4 is 29.1 Å². The zero-order chi connectivity index (χ0) is 15.5. The first kappa shape index (κ1) is 16.4. The summed E-state index contributed by atoms with van der Waals surface area (Å²) < 4.78 is 5.36. The molecule has 116 valence electrons. The number of halogens is 2. The molecule has 21 heavy (non-hydrogen) atoms. The van der Waals surface area contributed by atoms with Crippen molar-refractivity contribution in [2.45, 2.75) is 30.1 Å². The number of allylic oxidation sites excluding steroid dienone is 1. The second kappa shape index (κ2) is 6.87. The van der Waals surface area contributed by atoms with Gasteiger partial charge in [0.2, 0.25) is 5.91 Å². The molecule has 0 spiro atoms. The highest BCUT2D eigenvalue weighted by Gasteiger charge is 2.49. The maximum atomic E-state index is 11.5. The number of carbonyl (C=O) groups is 1. The van der Waals surface area contributed by atoms with Gasteiger partial charge in [0.15, 0.2) is 5.54 Å². The number of amides is 1. The molecule has 1 amide bonds. The standard InChI is InChI=1S/C14H19Cl2N3O2/c1-10(20)18-14(9-17,13(15)16)11-3-2-4-12(11)19-5-7-21-8-6-19/h4,11,13H,2-3,5-8H2,1H3,(H,18,20). The fraction of sp³-hybridized carbons (Fsp3) is 0.714. The third-order valence-electron chi connectivity index (χ3n) is 4.00. The van der Waals surface area contributed by atoms with Gasteiger partial charge in [0, 0.05) is 31.6 Å². The van der Waals surface area contributed by atoms with Crippen molar-refractivity contribution in [2.24, 2.45) is 5.92 Å². The van der Waals surface area contributed by atoms with Gasteiger partial charge >= 0.3 is 0 Å². The normalized spacial score (nSPS) is 25.2. The molecule has 0 bridgehead atoms. The number of hydrogen-bond acceptors (Lipinski definition) is 4. The van der Waals surface area contributed by atoms with Gasteiger partial charge in [0.1, 0.15) is 4.84 Å². The van der Waals surface area contributed by atoms with E-state index in [1.807, 2.05) is 0 Å². The van der Waals surface area contributed by atoms with Crippen LogP contribution in [0, 0.1) is 17.2 Å². The van der Waals surface area contributed by atoms with Gasteiger partial charge in [-0.05, 0) is 12.8 Å². The summed E-state index contributed by atoms with van der Waals surface area (Å²) >= 11 is 12.2. The monoisotopic (exact) mass is 331 g/mol. The van der Waals surface area contributed by atoms with Crippen molar-refractivity contribution in [1.29, 1.82) is 5.26 Å². The highest BCUT2D eigenvalue weighted by molar-refractivity contribution is 6.45. The van der Waals surface area contributed by atoms with E-state index in [4.69, 9.17) is 27.9 Å². The first-order valence-corrected chi connectivity index (χ1v) is 7.89. The van der Waals surface area contributed by atoms with Crippen molar-refractivity contribution in [3.8, 4) is 6.07 Å². The zero-order valence-corrected chi connectivity index (χ0v) is 13.5. The molecule has 1 aliphatic heterocycles. The highest BCUT2D eigenvalue weighted by atomic mass is 35.5. The molecule has 1 saturated heterocycles. The number of alkyl halides is 2. The third-order valence-corrected chi connectivity index (χ3v) is 4.69. The molecule has 1 heterocycles. The van der Waals surface area contributed by atoms with E-state index in [-0.39, 0.29) is 11.8 Å². The van der Waals surface area contributed by atoms with Crippen LogP contribution in [-0.2, 0) is 9.53 Å². The molecule has 0 aromatic carbocycles. The van der Waals surface area contributed by atoms with Crippen molar-refractivity contribution in [3.63, 3.8) is 0 Å². The van der Waals surface area contributed by atoms with E-state index in [1.165, 1.54) is 6.92 Å². The highest BCUT2D eigenvalue weighted by Crippen LogP contribution is 2.41. The Morgan fingerprint density at radius 1 is 1.57 bits per heavy atom. The van der Waals surface area contributed by atoms with Crippen LogP contribution in [0.25, 0.3) is 0 Å². The molecule has 0 aromatic heterocycles. The van der Waals surface area contributed by atoms with Crippen molar-refractivity contribution < 1.29 is 9.53 Å². The molecule has 5 nitrogen and oxygen atoms in total. The van der Waals surface area contributed by atoms with E-state index in [0.29, 0.717) is 13.2 Å². The van der Waals surface area contributed by atoms with Crippen LogP contribution in [0.2, 0.25) is 0 Å². The van der Waals surface area contributed by atoms with Gasteiger partial charge in [-0.1, -0.05) is 6.08 Å². The Balaban J connectivity index is 2.29. The van der Waals surface area contributed by atoms with E-state index >= 15 is 0 Å². The molecule has 0 saturated carbocycles. The molecule has 1 N–H and O–H groups in total. The fourth-order valence-electron chi connectivity index (χ4n) is 3.06. The molecule has 2 atom stereocenters. The second-order valence-corrected chi connectivity index (χ2v) is 6.42. The smallest absolute Gasteiger partial charge is 0.218 e. The topological polar surface area (TPSA) is 65.4 Å². The molecule has 2 rings (SSSR count). The SMILES string of the molecule is CC(=O)NC(C#N)(C(Cl)Cl)C1CCC=C1N1CCOCC1. The fourth-order valence-corrected chi connectivity index (χ4v) is 3.57. The Hall–Kier alpha value is -0.960. The Kier molecular flexibility index (Phi) is 5.37. The lowest BCUT2D eigenvalue weighted by Crippen LogP contribution is -2.58. The molecule has 1 fully saturated rings. The maximum Gasteiger partial charge on any atom is 0.218 e. The lowest BCUT2D eigenvalue weighted by atomic mass is 9.83. The molecule has 0 aromatic rings. The number of ether oxygens (including phenoxy) is 1. The number of hydrogen-bond donors (Lipinski definition) is 1. The quantitative estimate of drug-likeness (QED) is 0.798. The van der Waals surface area contributed by atoms with Crippen LogP contribution < -0.4 is 5.32 Å². The summed E-state index contributed by atoms with van der Waals surface area (Å²) in [6.07, 6.45) is 3.71. The van der Waals surface area contributed by atoms with E-state index in [2.05, 4.69) is 22.4 Å². The number of nitriles is 1. The minimum atomic E-state index is -1.30. The minimum Gasteiger partial charge on any atom is -0.378 e. The van der Waals surface area contributed by atoms with Crippen molar-refractivity contribution in [1.82, 2.24) is 10.2 Å². The van der Waals surface area contributed by atoms with E-state index < -0.39 is 10.4 Å². The maximum absolute atomic E-state index is 11.5. The first-order valence-electron chi connectivity index (χ1n) is 7.02. The average Bonchev–Trinajstić information content (AvgIpc) is 2.95. The van der Waals surface area contributed by atoms with E-state index in [9.17, 15) is 10.1 Å². The first-order chi connectivity index (χ1) is 10.0. The number of nitrogens with zero attached hydrogens (tertiary/aromatic N) is 2. The van der Waals surface area contributed by atoms with Crippen LogP contribution in [0.5, 0.6) is 0 Å². The Labute approximate surface area is 134 Å². The largest absolute Gasteiger partial charge is 0.378 e. The van der Waals surface area contributed by atoms with Gasteiger partial charge in [-0.3, -0.25) is 4.79 Å².